The van der Waals surface area contributed by atoms with Crippen LogP contribution >= 0.6 is 0 Å². The van der Waals surface area contributed by atoms with Gasteiger partial charge in [0.05, 0.1) is 5.56 Å². The van der Waals surface area contributed by atoms with Crippen LogP contribution in [0.5, 0.6) is 5.75 Å². The molecule has 0 aliphatic heterocycles. The minimum absolute atomic E-state index is 0.0633. The van der Waals surface area contributed by atoms with Crippen LogP contribution in [0.1, 0.15) is 22.3 Å². The lowest BCUT2D eigenvalue weighted by atomic mass is 10.1. The van der Waals surface area contributed by atoms with Crippen molar-refractivity contribution in [3.8, 4) is 11.8 Å². The Bertz CT molecular complexity index is 669. The molecule has 0 aliphatic carbocycles. The number of aryl methyl sites for hydroxylation is 1. The maximum atomic E-state index is 9.12. The standard InChI is InChI=1S/C16H15N3O/c1-11-2-4-12(5-3-11)10-20-15-7-6-13(16(18)19)8-14(15)9-17/h2-8H,10H2,1H3,(H3,18,19). The molecule has 0 atom stereocenters. The monoisotopic (exact) mass is 265 g/mol. The molecule has 0 bridgehead atoms. The second-order valence-corrected chi connectivity index (χ2v) is 4.51. The lowest BCUT2D eigenvalue weighted by Gasteiger charge is -2.09. The van der Waals surface area contributed by atoms with Crippen LogP contribution in [0.2, 0.25) is 0 Å². The van der Waals surface area contributed by atoms with Gasteiger partial charge in [-0.25, -0.2) is 0 Å². The Labute approximate surface area is 117 Å². The molecule has 3 N–H and O–H groups in total. The van der Waals surface area contributed by atoms with Crippen molar-refractivity contribution in [2.45, 2.75) is 13.5 Å². The van der Waals surface area contributed by atoms with Crippen molar-refractivity contribution >= 4 is 5.84 Å². The number of nitrogens with two attached hydrogens (primary N) is 1. The van der Waals surface area contributed by atoms with E-state index in [-0.39, 0.29) is 5.84 Å². The number of nitriles is 1. The van der Waals surface area contributed by atoms with Crippen LogP contribution < -0.4 is 10.5 Å². The number of nitrogens with one attached hydrogen (secondary N) is 1. The predicted octanol–water partition coefficient (Wildman–Crippen LogP) is 2.73. The second-order valence-electron chi connectivity index (χ2n) is 4.51. The van der Waals surface area contributed by atoms with Gasteiger partial charge in [0.15, 0.2) is 0 Å². The van der Waals surface area contributed by atoms with E-state index in [2.05, 4.69) is 6.07 Å². The summed E-state index contributed by atoms with van der Waals surface area (Å²) in [4.78, 5) is 0. The lowest BCUT2D eigenvalue weighted by Crippen LogP contribution is -2.11. The number of nitrogens with zero attached hydrogens (tertiary/aromatic N) is 1. The molecule has 4 nitrogen and oxygen atoms in total. The summed E-state index contributed by atoms with van der Waals surface area (Å²) in [7, 11) is 0. The summed E-state index contributed by atoms with van der Waals surface area (Å²) in [6.07, 6.45) is 0. The molecular weight excluding hydrogens is 250 g/mol. The van der Waals surface area contributed by atoms with Gasteiger partial charge in [0.25, 0.3) is 0 Å². The number of hydrogen-bond acceptors (Lipinski definition) is 3. The first kappa shape index (κ1) is 13.6. The Hall–Kier alpha value is -2.80. The first-order valence-electron chi connectivity index (χ1n) is 6.17. The molecule has 0 fully saturated rings. The fourth-order valence-electron chi connectivity index (χ4n) is 1.76. The van der Waals surface area contributed by atoms with Crippen LogP contribution in [0, 0.1) is 23.7 Å². The molecule has 0 saturated carbocycles. The third-order valence-corrected chi connectivity index (χ3v) is 2.93. The molecule has 0 aliphatic rings. The summed E-state index contributed by atoms with van der Waals surface area (Å²) in [5.74, 6) is 0.435. The quantitative estimate of drug-likeness (QED) is 0.658. The first-order valence-corrected chi connectivity index (χ1v) is 6.17. The molecule has 0 amide bonds. The van der Waals surface area contributed by atoms with E-state index in [1.165, 1.54) is 5.56 Å². The van der Waals surface area contributed by atoms with Gasteiger partial charge in [0, 0.05) is 5.56 Å². The zero-order valence-corrected chi connectivity index (χ0v) is 11.2. The number of ether oxygens (including phenoxy) is 1. The molecule has 2 aromatic rings. The van der Waals surface area contributed by atoms with E-state index in [0.29, 0.717) is 23.5 Å². The summed E-state index contributed by atoms with van der Waals surface area (Å²) in [5.41, 5.74) is 8.53. The maximum Gasteiger partial charge on any atom is 0.137 e. The van der Waals surface area contributed by atoms with Gasteiger partial charge in [-0.05, 0) is 30.7 Å². The number of hydrogen-bond donors (Lipinski definition) is 2. The minimum Gasteiger partial charge on any atom is -0.488 e. The van der Waals surface area contributed by atoms with Gasteiger partial charge in [-0.15, -0.1) is 0 Å². The Balaban J connectivity index is 2.15. The maximum absolute atomic E-state index is 9.12. The van der Waals surface area contributed by atoms with Crippen molar-refractivity contribution in [2.75, 3.05) is 0 Å². The van der Waals surface area contributed by atoms with E-state index < -0.39 is 0 Å². The van der Waals surface area contributed by atoms with Crippen molar-refractivity contribution in [2.24, 2.45) is 5.73 Å². The molecule has 20 heavy (non-hydrogen) atoms. The van der Waals surface area contributed by atoms with E-state index in [0.717, 1.165) is 5.56 Å². The van der Waals surface area contributed by atoms with Gasteiger partial charge in [0.1, 0.15) is 24.3 Å². The largest absolute Gasteiger partial charge is 0.488 e. The SMILES string of the molecule is Cc1ccc(COc2ccc(C(=N)N)cc2C#N)cc1. The molecule has 4 heteroatoms. The van der Waals surface area contributed by atoms with Gasteiger partial charge >= 0.3 is 0 Å². The average molecular weight is 265 g/mol. The van der Waals surface area contributed by atoms with Gasteiger partial charge in [0.2, 0.25) is 0 Å². The Morgan fingerprint density at radius 3 is 2.55 bits per heavy atom. The second kappa shape index (κ2) is 5.89. The molecule has 0 unspecified atom stereocenters. The molecule has 0 aromatic heterocycles. The first-order chi connectivity index (χ1) is 9.60. The summed E-state index contributed by atoms with van der Waals surface area (Å²) < 4.78 is 5.65. The van der Waals surface area contributed by atoms with E-state index in [4.69, 9.17) is 21.1 Å². The Morgan fingerprint density at radius 1 is 1.25 bits per heavy atom. The Kier molecular flexibility index (Phi) is 4.02. The number of rotatable bonds is 4. The highest BCUT2D eigenvalue weighted by Gasteiger charge is 2.06. The number of benzene rings is 2. The van der Waals surface area contributed by atoms with E-state index in [1.54, 1.807) is 18.2 Å². The van der Waals surface area contributed by atoms with Crippen LogP contribution in [-0.2, 0) is 6.61 Å². The normalized spacial score (nSPS) is 9.80. The topological polar surface area (TPSA) is 82.9 Å². The highest BCUT2D eigenvalue weighted by atomic mass is 16.5. The lowest BCUT2D eigenvalue weighted by molar-refractivity contribution is 0.305. The summed E-state index contributed by atoms with van der Waals surface area (Å²) >= 11 is 0. The molecular formula is C16H15N3O. The van der Waals surface area contributed by atoms with Crippen molar-refractivity contribution in [3.63, 3.8) is 0 Å². The van der Waals surface area contributed by atoms with Crippen molar-refractivity contribution in [3.05, 3.63) is 64.7 Å². The zero-order chi connectivity index (χ0) is 14.5. The van der Waals surface area contributed by atoms with Crippen LogP contribution in [0.15, 0.2) is 42.5 Å². The molecule has 2 aromatic carbocycles. The van der Waals surface area contributed by atoms with Crippen LogP contribution in [-0.4, -0.2) is 5.84 Å². The summed E-state index contributed by atoms with van der Waals surface area (Å²) in [6.45, 7) is 2.42. The molecule has 0 spiro atoms. The highest BCUT2D eigenvalue weighted by Crippen LogP contribution is 2.20. The van der Waals surface area contributed by atoms with Gasteiger partial charge in [-0.2, -0.15) is 5.26 Å². The molecule has 0 radical (unpaired) electrons. The predicted molar refractivity (Wildman–Crippen MR) is 77.7 cm³/mol. The zero-order valence-electron chi connectivity index (χ0n) is 11.2. The Morgan fingerprint density at radius 2 is 1.95 bits per heavy atom. The highest BCUT2D eigenvalue weighted by molar-refractivity contribution is 5.95. The van der Waals surface area contributed by atoms with Crippen LogP contribution in [0.3, 0.4) is 0 Å². The van der Waals surface area contributed by atoms with Crippen molar-refractivity contribution in [1.82, 2.24) is 0 Å². The number of nitrogen functional groups attached to an aromatic ring is 1. The smallest absolute Gasteiger partial charge is 0.137 e. The van der Waals surface area contributed by atoms with E-state index in [9.17, 15) is 0 Å². The van der Waals surface area contributed by atoms with Gasteiger partial charge in [-0.1, -0.05) is 29.8 Å². The average Bonchev–Trinajstić information content (AvgIpc) is 2.46. The third-order valence-electron chi connectivity index (χ3n) is 2.93. The van der Waals surface area contributed by atoms with Gasteiger partial charge in [-0.3, -0.25) is 5.41 Å². The third kappa shape index (κ3) is 3.15. The van der Waals surface area contributed by atoms with Crippen molar-refractivity contribution in [1.29, 1.82) is 10.7 Å². The fraction of sp³-hybridized carbons (Fsp3) is 0.125. The van der Waals surface area contributed by atoms with Crippen LogP contribution in [0.4, 0.5) is 0 Å². The summed E-state index contributed by atoms with van der Waals surface area (Å²) in [5, 5.41) is 16.5. The fourth-order valence-corrected chi connectivity index (χ4v) is 1.76. The van der Waals surface area contributed by atoms with Gasteiger partial charge < -0.3 is 10.5 Å². The minimum atomic E-state index is -0.0633. The van der Waals surface area contributed by atoms with E-state index >= 15 is 0 Å². The van der Waals surface area contributed by atoms with Crippen LogP contribution in [0.25, 0.3) is 0 Å². The molecule has 0 heterocycles. The number of amidine groups is 1. The van der Waals surface area contributed by atoms with Crippen molar-refractivity contribution < 1.29 is 4.74 Å². The molecule has 100 valence electrons. The van der Waals surface area contributed by atoms with E-state index in [1.807, 2.05) is 31.2 Å². The summed E-state index contributed by atoms with van der Waals surface area (Å²) in [6, 6.07) is 15.0. The molecule has 0 saturated heterocycles. The molecule has 2 rings (SSSR count).